The van der Waals surface area contributed by atoms with Gasteiger partial charge in [0.15, 0.2) is 0 Å². The summed E-state index contributed by atoms with van der Waals surface area (Å²) in [6.45, 7) is 8.48. The summed E-state index contributed by atoms with van der Waals surface area (Å²) in [7, 11) is 0. The Morgan fingerprint density at radius 1 is 0.857 bits per heavy atom. The quantitative estimate of drug-likeness (QED) is 0.514. The Hall–Kier alpha value is 0.310. The fourth-order valence-electron chi connectivity index (χ4n) is 1.53. The first-order valence-corrected chi connectivity index (χ1v) is 7.45. The highest BCUT2D eigenvalue weighted by molar-refractivity contribution is 7.98. The summed E-state index contributed by atoms with van der Waals surface area (Å²) < 4.78 is 0. The second-order valence-corrected chi connectivity index (χ2v) is 4.88. The van der Waals surface area contributed by atoms with Crippen molar-refractivity contribution in [2.24, 2.45) is 0 Å². The van der Waals surface area contributed by atoms with Crippen molar-refractivity contribution in [3.05, 3.63) is 0 Å². The molecule has 0 heterocycles. The van der Waals surface area contributed by atoms with Gasteiger partial charge in [0.2, 0.25) is 0 Å². The van der Waals surface area contributed by atoms with Crippen LogP contribution in [0.1, 0.15) is 46.0 Å². The predicted octanol–water partition coefficient (Wildman–Crippen LogP) is 3.64. The van der Waals surface area contributed by atoms with Gasteiger partial charge in [-0.1, -0.05) is 26.7 Å². The summed E-state index contributed by atoms with van der Waals surface area (Å²) in [5, 5.41) is 0. The molecular weight excluding hydrogens is 190 g/mol. The van der Waals surface area contributed by atoms with Crippen LogP contribution in [0.2, 0.25) is 0 Å². The molecule has 0 atom stereocenters. The highest BCUT2D eigenvalue weighted by Gasteiger charge is 2.02. The number of rotatable bonds is 10. The van der Waals surface area contributed by atoms with Crippen molar-refractivity contribution in [1.82, 2.24) is 4.90 Å². The van der Waals surface area contributed by atoms with Crippen LogP contribution in [0.3, 0.4) is 0 Å². The molecule has 86 valence electrons. The van der Waals surface area contributed by atoms with Gasteiger partial charge in [0.1, 0.15) is 0 Å². The molecule has 14 heavy (non-hydrogen) atoms. The number of unbranched alkanes of at least 4 members (excludes halogenated alkanes) is 2. The molecule has 0 aliphatic heterocycles. The van der Waals surface area contributed by atoms with Crippen molar-refractivity contribution < 1.29 is 0 Å². The van der Waals surface area contributed by atoms with Crippen LogP contribution in [0.25, 0.3) is 0 Å². The Morgan fingerprint density at radius 3 is 1.79 bits per heavy atom. The molecule has 0 unspecified atom stereocenters. The molecule has 1 nitrogen and oxygen atoms in total. The van der Waals surface area contributed by atoms with Crippen LogP contribution in [0.15, 0.2) is 0 Å². The highest BCUT2D eigenvalue weighted by Crippen LogP contribution is 2.03. The molecule has 0 bridgehead atoms. The SMILES string of the molecule is CCCCN(CCCC)CCCSC. The Labute approximate surface area is 94.6 Å². The average Bonchev–Trinajstić information content (AvgIpc) is 2.21. The maximum atomic E-state index is 2.64. The van der Waals surface area contributed by atoms with E-state index in [0.717, 1.165) is 0 Å². The van der Waals surface area contributed by atoms with Gasteiger partial charge in [-0.2, -0.15) is 11.8 Å². The summed E-state index contributed by atoms with van der Waals surface area (Å²) in [6, 6.07) is 0. The van der Waals surface area contributed by atoms with E-state index >= 15 is 0 Å². The molecule has 0 saturated heterocycles. The van der Waals surface area contributed by atoms with Crippen LogP contribution >= 0.6 is 11.8 Å². The minimum Gasteiger partial charge on any atom is -0.303 e. The minimum absolute atomic E-state index is 1.31. The molecule has 0 N–H and O–H groups in total. The van der Waals surface area contributed by atoms with E-state index in [1.165, 1.54) is 57.5 Å². The standard InChI is InChI=1S/C12H27NS/c1-4-6-9-13(10-7-5-2)11-8-12-14-3/h4-12H2,1-3H3. The van der Waals surface area contributed by atoms with Crippen LogP contribution in [0.5, 0.6) is 0 Å². The van der Waals surface area contributed by atoms with Crippen molar-refractivity contribution >= 4 is 11.8 Å². The van der Waals surface area contributed by atoms with Crippen molar-refractivity contribution in [2.75, 3.05) is 31.6 Å². The molecule has 0 aromatic carbocycles. The first-order chi connectivity index (χ1) is 6.85. The molecule has 0 aliphatic rings. The van der Waals surface area contributed by atoms with Gasteiger partial charge in [-0.25, -0.2) is 0 Å². The third-order valence-corrected chi connectivity index (χ3v) is 3.18. The molecule has 0 aromatic rings. The lowest BCUT2D eigenvalue weighted by atomic mass is 10.2. The summed E-state index contributed by atoms with van der Waals surface area (Å²) in [5.41, 5.74) is 0. The van der Waals surface area contributed by atoms with Crippen molar-refractivity contribution in [3.8, 4) is 0 Å². The fraction of sp³-hybridized carbons (Fsp3) is 1.00. The molecule has 0 saturated carbocycles. The molecule has 2 heteroatoms. The van der Waals surface area contributed by atoms with Gasteiger partial charge in [0, 0.05) is 0 Å². The van der Waals surface area contributed by atoms with Crippen LogP contribution in [-0.4, -0.2) is 36.5 Å². The Kier molecular flexibility index (Phi) is 11.6. The molecule has 0 amide bonds. The second kappa shape index (κ2) is 11.4. The normalized spacial score (nSPS) is 11.1. The van der Waals surface area contributed by atoms with Gasteiger partial charge >= 0.3 is 0 Å². The van der Waals surface area contributed by atoms with Crippen LogP contribution < -0.4 is 0 Å². The first kappa shape index (κ1) is 14.3. The van der Waals surface area contributed by atoms with E-state index in [1.54, 1.807) is 0 Å². The molecule has 0 fully saturated rings. The van der Waals surface area contributed by atoms with Gasteiger partial charge in [-0.05, 0) is 50.9 Å². The Morgan fingerprint density at radius 2 is 1.36 bits per heavy atom. The lowest BCUT2D eigenvalue weighted by molar-refractivity contribution is 0.266. The molecule has 0 aromatic heterocycles. The van der Waals surface area contributed by atoms with E-state index in [0.29, 0.717) is 0 Å². The molecule has 0 aliphatic carbocycles. The third-order valence-electron chi connectivity index (χ3n) is 2.48. The number of hydrogen-bond donors (Lipinski definition) is 0. The van der Waals surface area contributed by atoms with Crippen LogP contribution in [-0.2, 0) is 0 Å². The largest absolute Gasteiger partial charge is 0.303 e. The fourth-order valence-corrected chi connectivity index (χ4v) is 1.95. The maximum absolute atomic E-state index is 2.64. The van der Waals surface area contributed by atoms with Gasteiger partial charge in [-0.15, -0.1) is 0 Å². The molecular formula is C12H27NS. The monoisotopic (exact) mass is 217 g/mol. The Bertz CT molecular complexity index is 98.5. The lowest BCUT2D eigenvalue weighted by Gasteiger charge is -2.21. The van der Waals surface area contributed by atoms with Gasteiger partial charge in [-0.3, -0.25) is 0 Å². The van der Waals surface area contributed by atoms with Crippen molar-refractivity contribution in [1.29, 1.82) is 0 Å². The predicted molar refractivity (Wildman–Crippen MR) is 69.3 cm³/mol. The molecule has 0 radical (unpaired) electrons. The summed E-state index contributed by atoms with van der Waals surface area (Å²) in [4.78, 5) is 2.64. The van der Waals surface area contributed by atoms with E-state index in [1.807, 2.05) is 11.8 Å². The maximum Gasteiger partial charge on any atom is -0.00109 e. The summed E-state index contributed by atoms with van der Waals surface area (Å²) in [6.07, 6.45) is 8.93. The third kappa shape index (κ3) is 8.89. The van der Waals surface area contributed by atoms with E-state index in [4.69, 9.17) is 0 Å². The van der Waals surface area contributed by atoms with E-state index in [2.05, 4.69) is 25.0 Å². The number of thioether (sulfide) groups is 1. The van der Waals surface area contributed by atoms with Crippen molar-refractivity contribution in [3.63, 3.8) is 0 Å². The summed E-state index contributed by atoms with van der Waals surface area (Å²) >= 11 is 1.96. The smallest absolute Gasteiger partial charge is 0.00109 e. The first-order valence-electron chi connectivity index (χ1n) is 6.06. The van der Waals surface area contributed by atoms with Crippen LogP contribution in [0.4, 0.5) is 0 Å². The average molecular weight is 217 g/mol. The van der Waals surface area contributed by atoms with Crippen molar-refractivity contribution in [2.45, 2.75) is 46.0 Å². The lowest BCUT2D eigenvalue weighted by Crippen LogP contribution is -2.27. The zero-order chi connectivity index (χ0) is 10.6. The topological polar surface area (TPSA) is 3.24 Å². The van der Waals surface area contributed by atoms with Crippen LogP contribution in [0, 0.1) is 0 Å². The zero-order valence-electron chi connectivity index (χ0n) is 10.2. The molecule has 0 rings (SSSR count). The highest BCUT2D eigenvalue weighted by atomic mass is 32.2. The number of nitrogens with zero attached hydrogens (tertiary/aromatic N) is 1. The Balaban J connectivity index is 3.49. The van der Waals surface area contributed by atoms with E-state index in [-0.39, 0.29) is 0 Å². The van der Waals surface area contributed by atoms with Gasteiger partial charge in [0.25, 0.3) is 0 Å². The molecule has 0 spiro atoms. The van der Waals surface area contributed by atoms with E-state index < -0.39 is 0 Å². The van der Waals surface area contributed by atoms with Gasteiger partial charge in [0.05, 0.1) is 0 Å². The second-order valence-electron chi connectivity index (χ2n) is 3.90. The van der Waals surface area contributed by atoms with Gasteiger partial charge < -0.3 is 4.90 Å². The van der Waals surface area contributed by atoms with E-state index in [9.17, 15) is 0 Å². The minimum atomic E-state index is 1.31. The summed E-state index contributed by atoms with van der Waals surface area (Å²) in [5.74, 6) is 1.31. The number of hydrogen-bond acceptors (Lipinski definition) is 2. The zero-order valence-corrected chi connectivity index (χ0v) is 11.0.